The van der Waals surface area contributed by atoms with Gasteiger partial charge in [-0.3, -0.25) is 14.7 Å². The fraction of sp³-hybridized carbons (Fsp3) is 0.294. The van der Waals surface area contributed by atoms with E-state index in [9.17, 15) is 9.18 Å². The van der Waals surface area contributed by atoms with E-state index < -0.39 is 0 Å². The van der Waals surface area contributed by atoms with Crippen LogP contribution in [0.3, 0.4) is 0 Å². The third-order valence-corrected chi connectivity index (χ3v) is 3.29. The lowest BCUT2D eigenvalue weighted by molar-refractivity contribution is -0.119. The first-order chi connectivity index (χ1) is 10.1. The van der Waals surface area contributed by atoms with E-state index in [1.165, 1.54) is 17.7 Å². The Morgan fingerprint density at radius 3 is 2.43 bits per heavy atom. The Morgan fingerprint density at radius 2 is 1.76 bits per heavy atom. The molecular formula is C17H19FN2O. The number of carbonyl (C=O) groups is 1. The van der Waals surface area contributed by atoms with Crippen LogP contribution in [0.4, 0.5) is 4.39 Å². The molecule has 110 valence electrons. The monoisotopic (exact) mass is 286 g/mol. The summed E-state index contributed by atoms with van der Waals surface area (Å²) in [4.78, 5) is 18.0. The molecule has 4 heteroatoms. The zero-order valence-corrected chi connectivity index (χ0v) is 12.1. The van der Waals surface area contributed by atoms with Crippen molar-refractivity contribution in [3.63, 3.8) is 0 Å². The molecule has 0 amide bonds. The van der Waals surface area contributed by atoms with Crippen molar-refractivity contribution in [3.05, 3.63) is 65.7 Å². The molecule has 1 aromatic carbocycles. The SMILES string of the molecule is CN(CCc1ccncc1)CC(=O)Cc1ccc(F)cc1. The van der Waals surface area contributed by atoms with Crippen LogP contribution in [-0.2, 0) is 17.6 Å². The maximum atomic E-state index is 12.8. The summed E-state index contributed by atoms with van der Waals surface area (Å²) in [7, 11) is 1.93. The Hall–Kier alpha value is -2.07. The van der Waals surface area contributed by atoms with Gasteiger partial charge in [0.2, 0.25) is 0 Å². The minimum absolute atomic E-state index is 0.138. The van der Waals surface area contributed by atoms with Crippen molar-refractivity contribution in [2.45, 2.75) is 12.8 Å². The molecule has 0 aliphatic carbocycles. The second-order valence-electron chi connectivity index (χ2n) is 5.19. The number of ketones is 1. The standard InChI is InChI=1S/C17H19FN2O/c1-20(11-8-14-6-9-19-10-7-14)13-17(21)12-15-2-4-16(18)5-3-15/h2-7,9-10H,8,11-13H2,1H3. The number of carbonyl (C=O) groups excluding carboxylic acids is 1. The summed E-state index contributed by atoms with van der Waals surface area (Å²) in [5.41, 5.74) is 2.06. The van der Waals surface area contributed by atoms with Gasteiger partial charge in [-0.15, -0.1) is 0 Å². The van der Waals surface area contributed by atoms with Gasteiger partial charge in [0.05, 0.1) is 6.54 Å². The van der Waals surface area contributed by atoms with Gasteiger partial charge in [-0.05, 0) is 48.9 Å². The van der Waals surface area contributed by atoms with Crippen LogP contribution in [0.25, 0.3) is 0 Å². The molecule has 0 atom stereocenters. The summed E-state index contributed by atoms with van der Waals surface area (Å²) in [5, 5.41) is 0. The average Bonchev–Trinajstić information content (AvgIpc) is 2.48. The quantitative estimate of drug-likeness (QED) is 0.784. The molecule has 0 N–H and O–H groups in total. The molecule has 1 aromatic heterocycles. The highest BCUT2D eigenvalue weighted by Gasteiger charge is 2.08. The maximum Gasteiger partial charge on any atom is 0.151 e. The Bertz CT molecular complexity index is 569. The van der Waals surface area contributed by atoms with Gasteiger partial charge in [-0.1, -0.05) is 12.1 Å². The third kappa shape index (κ3) is 5.44. The lowest BCUT2D eigenvalue weighted by atomic mass is 10.1. The van der Waals surface area contributed by atoms with E-state index in [4.69, 9.17) is 0 Å². The molecule has 0 saturated heterocycles. The van der Waals surface area contributed by atoms with Crippen LogP contribution < -0.4 is 0 Å². The second kappa shape index (κ2) is 7.64. The molecule has 0 radical (unpaired) electrons. The summed E-state index contributed by atoms with van der Waals surface area (Å²) in [6.45, 7) is 1.22. The molecule has 21 heavy (non-hydrogen) atoms. The van der Waals surface area contributed by atoms with Crippen molar-refractivity contribution in [1.29, 1.82) is 0 Å². The van der Waals surface area contributed by atoms with Gasteiger partial charge < -0.3 is 0 Å². The van der Waals surface area contributed by atoms with Crippen LogP contribution in [-0.4, -0.2) is 35.8 Å². The highest BCUT2D eigenvalue weighted by Crippen LogP contribution is 2.05. The molecule has 0 aliphatic heterocycles. The van der Waals surface area contributed by atoms with Gasteiger partial charge in [0, 0.05) is 25.4 Å². The molecule has 0 saturated carbocycles. The number of halogens is 1. The first-order valence-corrected chi connectivity index (χ1v) is 6.97. The molecule has 2 aromatic rings. The van der Waals surface area contributed by atoms with Crippen LogP contribution in [0.2, 0.25) is 0 Å². The normalized spacial score (nSPS) is 10.8. The number of aromatic nitrogens is 1. The summed E-state index contributed by atoms with van der Waals surface area (Å²) >= 11 is 0. The van der Waals surface area contributed by atoms with Crippen molar-refractivity contribution in [3.8, 4) is 0 Å². The van der Waals surface area contributed by atoms with E-state index in [2.05, 4.69) is 4.98 Å². The average molecular weight is 286 g/mol. The van der Waals surface area contributed by atoms with Gasteiger partial charge in [-0.25, -0.2) is 4.39 Å². The highest BCUT2D eigenvalue weighted by molar-refractivity contribution is 5.82. The predicted molar refractivity (Wildman–Crippen MR) is 80.5 cm³/mol. The molecule has 0 unspecified atom stereocenters. The van der Waals surface area contributed by atoms with E-state index in [0.29, 0.717) is 13.0 Å². The van der Waals surface area contributed by atoms with E-state index in [1.54, 1.807) is 24.5 Å². The number of likely N-dealkylation sites (N-methyl/N-ethyl adjacent to an activating group) is 1. The van der Waals surface area contributed by atoms with Crippen molar-refractivity contribution < 1.29 is 9.18 Å². The minimum atomic E-state index is -0.277. The fourth-order valence-electron chi connectivity index (χ4n) is 2.14. The summed E-state index contributed by atoms with van der Waals surface area (Å²) < 4.78 is 12.8. The second-order valence-corrected chi connectivity index (χ2v) is 5.19. The number of benzene rings is 1. The maximum absolute atomic E-state index is 12.8. The van der Waals surface area contributed by atoms with Gasteiger partial charge in [0.25, 0.3) is 0 Å². The number of Topliss-reactive ketones (excluding diaryl/α,β-unsaturated/α-hetero) is 1. The van der Waals surface area contributed by atoms with Crippen LogP contribution in [0.15, 0.2) is 48.8 Å². The van der Waals surface area contributed by atoms with Crippen LogP contribution in [0.1, 0.15) is 11.1 Å². The highest BCUT2D eigenvalue weighted by atomic mass is 19.1. The number of hydrogen-bond acceptors (Lipinski definition) is 3. The van der Waals surface area contributed by atoms with E-state index in [-0.39, 0.29) is 11.6 Å². The van der Waals surface area contributed by atoms with Gasteiger partial charge >= 0.3 is 0 Å². The lowest BCUT2D eigenvalue weighted by Crippen LogP contribution is -2.28. The molecule has 0 spiro atoms. The van der Waals surface area contributed by atoms with Gasteiger partial charge in [0.1, 0.15) is 5.82 Å². The molecule has 0 fully saturated rings. The summed E-state index contributed by atoms with van der Waals surface area (Å²) in [5.74, 6) is -0.139. The van der Waals surface area contributed by atoms with Crippen LogP contribution >= 0.6 is 0 Å². The molecule has 1 heterocycles. The van der Waals surface area contributed by atoms with Gasteiger partial charge in [0.15, 0.2) is 5.78 Å². The Morgan fingerprint density at radius 1 is 1.10 bits per heavy atom. The van der Waals surface area contributed by atoms with E-state index >= 15 is 0 Å². The van der Waals surface area contributed by atoms with Gasteiger partial charge in [-0.2, -0.15) is 0 Å². The lowest BCUT2D eigenvalue weighted by Gasteiger charge is -2.15. The summed E-state index contributed by atoms with van der Waals surface area (Å²) in [6.07, 6.45) is 4.78. The van der Waals surface area contributed by atoms with Crippen molar-refractivity contribution in [2.75, 3.05) is 20.1 Å². The van der Waals surface area contributed by atoms with Crippen LogP contribution in [0, 0.1) is 5.82 Å². The van der Waals surface area contributed by atoms with E-state index in [0.717, 1.165) is 18.5 Å². The number of hydrogen-bond donors (Lipinski definition) is 0. The van der Waals surface area contributed by atoms with Crippen molar-refractivity contribution in [2.24, 2.45) is 0 Å². The third-order valence-electron chi connectivity index (χ3n) is 3.29. The first kappa shape index (κ1) is 15.3. The summed E-state index contributed by atoms with van der Waals surface area (Å²) in [6, 6.07) is 10.0. The number of rotatable bonds is 7. The molecule has 0 aliphatic rings. The Labute approximate surface area is 124 Å². The Kier molecular flexibility index (Phi) is 5.58. The predicted octanol–water partition coefficient (Wildman–Crippen LogP) is 2.51. The topological polar surface area (TPSA) is 33.2 Å². The smallest absolute Gasteiger partial charge is 0.151 e. The largest absolute Gasteiger partial charge is 0.299 e. The zero-order chi connectivity index (χ0) is 15.1. The van der Waals surface area contributed by atoms with Crippen molar-refractivity contribution >= 4 is 5.78 Å². The molecule has 2 rings (SSSR count). The number of nitrogens with zero attached hydrogens (tertiary/aromatic N) is 2. The molecule has 3 nitrogen and oxygen atoms in total. The minimum Gasteiger partial charge on any atom is -0.299 e. The first-order valence-electron chi connectivity index (χ1n) is 6.97. The Balaban J connectivity index is 1.75. The zero-order valence-electron chi connectivity index (χ0n) is 12.1. The number of pyridine rings is 1. The molecular weight excluding hydrogens is 267 g/mol. The van der Waals surface area contributed by atoms with E-state index in [1.807, 2.05) is 24.1 Å². The van der Waals surface area contributed by atoms with Crippen LogP contribution in [0.5, 0.6) is 0 Å². The van der Waals surface area contributed by atoms with Crippen molar-refractivity contribution in [1.82, 2.24) is 9.88 Å². The molecule has 0 bridgehead atoms. The fourth-order valence-corrected chi connectivity index (χ4v) is 2.14.